The van der Waals surface area contributed by atoms with Gasteiger partial charge in [0.25, 0.3) is 0 Å². The molecule has 1 saturated heterocycles. The zero-order chi connectivity index (χ0) is 21.3. The van der Waals surface area contributed by atoms with Gasteiger partial charge in [0.2, 0.25) is 5.91 Å². The van der Waals surface area contributed by atoms with Crippen molar-refractivity contribution >= 4 is 34.2 Å². The van der Waals surface area contributed by atoms with Gasteiger partial charge in [-0.1, -0.05) is 11.6 Å². The van der Waals surface area contributed by atoms with Crippen LogP contribution in [-0.4, -0.2) is 43.2 Å². The van der Waals surface area contributed by atoms with Crippen LogP contribution < -0.4 is 20.1 Å². The highest BCUT2D eigenvalue weighted by Gasteiger charge is 2.26. The molecule has 1 amide bonds. The Morgan fingerprint density at radius 2 is 1.70 bits per heavy atom. The molecule has 2 aromatic carbocycles. The van der Waals surface area contributed by atoms with Gasteiger partial charge in [-0.25, -0.2) is 9.97 Å². The van der Waals surface area contributed by atoms with Crippen LogP contribution in [0.3, 0.4) is 0 Å². The van der Waals surface area contributed by atoms with Crippen molar-refractivity contribution in [3.8, 4) is 22.9 Å². The Labute approximate surface area is 179 Å². The molecule has 1 aromatic heterocycles. The summed E-state index contributed by atoms with van der Waals surface area (Å²) in [5, 5.41) is 1.52. The van der Waals surface area contributed by atoms with Gasteiger partial charge in [0.15, 0.2) is 17.3 Å². The number of carbonyl (C=O) groups is 1. The standard InChI is InChI=1S/C22H23ClN4O3/c1-29-18-11-16-17(12-19(18)30-2)25-21(14-3-5-15(23)6-4-14)26-22(16)27-9-7-13(8-10-27)20(24)28/h3-6,11-13H,7-10H2,1-2H3,(H2,24,28). The van der Waals surface area contributed by atoms with Crippen molar-refractivity contribution in [2.45, 2.75) is 12.8 Å². The number of nitrogens with two attached hydrogens (primary N) is 1. The average molecular weight is 427 g/mol. The Hall–Kier alpha value is -3.06. The molecule has 0 bridgehead atoms. The number of ether oxygens (including phenoxy) is 2. The summed E-state index contributed by atoms with van der Waals surface area (Å²) in [6.45, 7) is 1.38. The fourth-order valence-corrected chi connectivity index (χ4v) is 3.91. The Morgan fingerprint density at radius 1 is 1.07 bits per heavy atom. The van der Waals surface area contributed by atoms with E-state index >= 15 is 0 Å². The summed E-state index contributed by atoms with van der Waals surface area (Å²) < 4.78 is 11.0. The molecule has 0 unspecified atom stereocenters. The second kappa shape index (κ2) is 8.36. The number of carbonyl (C=O) groups excluding carboxylic acids is 1. The van der Waals surface area contributed by atoms with Crippen LogP contribution in [-0.2, 0) is 4.79 Å². The van der Waals surface area contributed by atoms with Crippen molar-refractivity contribution in [3.63, 3.8) is 0 Å². The summed E-state index contributed by atoms with van der Waals surface area (Å²) in [6.07, 6.45) is 1.40. The van der Waals surface area contributed by atoms with Gasteiger partial charge >= 0.3 is 0 Å². The molecule has 7 nitrogen and oxygen atoms in total. The number of anilines is 1. The van der Waals surface area contributed by atoms with E-state index in [2.05, 4.69) is 4.90 Å². The summed E-state index contributed by atoms with van der Waals surface area (Å²) in [5.41, 5.74) is 7.11. The summed E-state index contributed by atoms with van der Waals surface area (Å²) >= 11 is 6.04. The van der Waals surface area contributed by atoms with Gasteiger partial charge in [-0.05, 0) is 43.2 Å². The first-order valence-corrected chi connectivity index (χ1v) is 10.1. The van der Waals surface area contributed by atoms with Crippen LogP contribution in [0.5, 0.6) is 11.5 Å². The van der Waals surface area contributed by atoms with Crippen LogP contribution in [0, 0.1) is 5.92 Å². The van der Waals surface area contributed by atoms with E-state index in [0.717, 1.165) is 22.3 Å². The number of benzene rings is 2. The second-order valence-electron chi connectivity index (χ2n) is 7.27. The largest absolute Gasteiger partial charge is 0.493 e. The summed E-state index contributed by atoms with van der Waals surface area (Å²) in [5.74, 6) is 2.27. The molecule has 1 aliphatic heterocycles. The van der Waals surface area contributed by atoms with Crippen molar-refractivity contribution in [2.75, 3.05) is 32.2 Å². The molecule has 0 aliphatic carbocycles. The van der Waals surface area contributed by atoms with Crippen LogP contribution in [0.4, 0.5) is 5.82 Å². The number of methoxy groups -OCH3 is 2. The number of primary amides is 1. The molecule has 4 rings (SSSR count). The lowest BCUT2D eigenvalue weighted by molar-refractivity contribution is -0.122. The molecule has 1 fully saturated rings. The SMILES string of the molecule is COc1cc2nc(-c3ccc(Cl)cc3)nc(N3CCC(C(N)=O)CC3)c2cc1OC. The quantitative estimate of drug-likeness (QED) is 0.669. The predicted molar refractivity (Wildman–Crippen MR) is 117 cm³/mol. The minimum absolute atomic E-state index is 0.0975. The minimum atomic E-state index is -0.240. The van der Waals surface area contributed by atoms with Crippen LogP contribution in [0.25, 0.3) is 22.3 Å². The number of hydrogen-bond donors (Lipinski definition) is 1. The first kappa shape index (κ1) is 20.2. The van der Waals surface area contributed by atoms with Gasteiger partial charge in [-0.15, -0.1) is 0 Å². The van der Waals surface area contributed by atoms with Gasteiger partial charge in [-0.2, -0.15) is 0 Å². The third-order valence-electron chi connectivity index (χ3n) is 5.48. The number of halogens is 1. The van der Waals surface area contributed by atoms with E-state index < -0.39 is 0 Å². The molecule has 3 aromatic rings. The Bertz CT molecular complexity index is 1080. The van der Waals surface area contributed by atoms with E-state index in [1.807, 2.05) is 36.4 Å². The van der Waals surface area contributed by atoms with E-state index in [1.54, 1.807) is 14.2 Å². The maximum atomic E-state index is 11.6. The molecule has 30 heavy (non-hydrogen) atoms. The number of piperidine rings is 1. The number of nitrogens with zero attached hydrogens (tertiary/aromatic N) is 3. The molecule has 0 saturated carbocycles. The smallest absolute Gasteiger partial charge is 0.220 e. The summed E-state index contributed by atoms with van der Waals surface area (Å²) in [4.78, 5) is 23.4. The van der Waals surface area contributed by atoms with E-state index in [4.69, 9.17) is 36.8 Å². The average Bonchev–Trinajstić information content (AvgIpc) is 2.77. The van der Waals surface area contributed by atoms with Gasteiger partial charge in [0.1, 0.15) is 5.82 Å². The van der Waals surface area contributed by atoms with Gasteiger partial charge < -0.3 is 20.1 Å². The molecule has 0 spiro atoms. The second-order valence-corrected chi connectivity index (χ2v) is 7.70. The first-order valence-electron chi connectivity index (χ1n) is 9.74. The van der Waals surface area contributed by atoms with E-state index in [0.29, 0.717) is 48.3 Å². The number of fused-ring (bicyclic) bond motifs is 1. The number of aromatic nitrogens is 2. The van der Waals surface area contributed by atoms with Crippen molar-refractivity contribution in [2.24, 2.45) is 11.7 Å². The lowest BCUT2D eigenvalue weighted by atomic mass is 9.96. The topological polar surface area (TPSA) is 90.6 Å². The van der Waals surface area contributed by atoms with E-state index in [9.17, 15) is 4.79 Å². The zero-order valence-electron chi connectivity index (χ0n) is 16.9. The van der Waals surface area contributed by atoms with Crippen LogP contribution in [0.2, 0.25) is 5.02 Å². The molecular weight excluding hydrogens is 404 g/mol. The van der Waals surface area contributed by atoms with Crippen molar-refractivity contribution in [1.82, 2.24) is 9.97 Å². The molecular formula is C22H23ClN4O3. The minimum Gasteiger partial charge on any atom is -0.493 e. The summed E-state index contributed by atoms with van der Waals surface area (Å²) in [6, 6.07) is 11.2. The van der Waals surface area contributed by atoms with Crippen molar-refractivity contribution in [3.05, 3.63) is 41.4 Å². The molecule has 2 heterocycles. The van der Waals surface area contributed by atoms with E-state index in [-0.39, 0.29) is 11.8 Å². The van der Waals surface area contributed by atoms with Crippen LogP contribution >= 0.6 is 11.6 Å². The van der Waals surface area contributed by atoms with Crippen LogP contribution in [0.1, 0.15) is 12.8 Å². The zero-order valence-corrected chi connectivity index (χ0v) is 17.6. The highest BCUT2D eigenvalue weighted by atomic mass is 35.5. The normalized spacial score (nSPS) is 14.7. The molecule has 0 radical (unpaired) electrons. The lowest BCUT2D eigenvalue weighted by Crippen LogP contribution is -2.39. The highest BCUT2D eigenvalue weighted by Crippen LogP contribution is 2.37. The Kier molecular flexibility index (Phi) is 5.63. The number of rotatable bonds is 5. The molecule has 2 N–H and O–H groups in total. The third kappa shape index (κ3) is 3.85. The molecule has 0 atom stereocenters. The summed E-state index contributed by atoms with van der Waals surface area (Å²) in [7, 11) is 3.20. The first-order chi connectivity index (χ1) is 14.5. The van der Waals surface area contributed by atoms with Crippen LogP contribution in [0.15, 0.2) is 36.4 Å². The fraction of sp³-hybridized carbons (Fsp3) is 0.318. The monoisotopic (exact) mass is 426 g/mol. The Balaban J connectivity index is 1.85. The fourth-order valence-electron chi connectivity index (χ4n) is 3.78. The number of amides is 1. The molecule has 156 valence electrons. The lowest BCUT2D eigenvalue weighted by Gasteiger charge is -2.32. The third-order valence-corrected chi connectivity index (χ3v) is 5.73. The van der Waals surface area contributed by atoms with E-state index in [1.165, 1.54) is 0 Å². The Morgan fingerprint density at radius 3 is 2.30 bits per heavy atom. The van der Waals surface area contributed by atoms with Crippen molar-refractivity contribution < 1.29 is 14.3 Å². The molecule has 8 heteroatoms. The van der Waals surface area contributed by atoms with Gasteiger partial charge in [0, 0.05) is 41.0 Å². The maximum absolute atomic E-state index is 11.6. The maximum Gasteiger partial charge on any atom is 0.220 e. The number of hydrogen-bond acceptors (Lipinski definition) is 6. The predicted octanol–water partition coefficient (Wildman–Crippen LogP) is 3.67. The van der Waals surface area contributed by atoms with Crippen molar-refractivity contribution in [1.29, 1.82) is 0 Å². The van der Waals surface area contributed by atoms with Gasteiger partial charge in [-0.3, -0.25) is 4.79 Å². The highest BCUT2D eigenvalue weighted by molar-refractivity contribution is 6.30. The van der Waals surface area contributed by atoms with Gasteiger partial charge in [0.05, 0.1) is 19.7 Å². The molecule has 1 aliphatic rings.